The van der Waals surface area contributed by atoms with Gasteiger partial charge in [0.1, 0.15) is 23.9 Å². The molecule has 0 N–H and O–H groups in total. The minimum absolute atomic E-state index is 0. The monoisotopic (exact) mass is 510 g/mol. The highest BCUT2D eigenvalue weighted by Crippen LogP contribution is 2.21. The van der Waals surface area contributed by atoms with Gasteiger partial charge in [0.15, 0.2) is 0 Å². The molecule has 4 rings (SSSR count). The summed E-state index contributed by atoms with van der Waals surface area (Å²) in [6.45, 7) is 8.00. The van der Waals surface area contributed by atoms with Crippen LogP contribution in [0.25, 0.3) is 0 Å². The van der Waals surface area contributed by atoms with Gasteiger partial charge in [-0.25, -0.2) is 0 Å². The lowest BCUT2D eigenvalue weighted by Crippen LogP contribution is -2.47. The van der Waals surface area contributed by atoms with E-state index in [0.29, 0.717) is 0 Å². The Labute approximate surface area is 222 Å². The van der Waals surface area contributed by atoms with Gasteiger partial charge in [0.2, 0.25) is 0 Å². The topological polar surface area (TPSA) is 34.2 Å². The Morgan fingerprint density at radius 1 is 0.667 bits per heavy atom. The van der Waals surface area contributed by atoms with Crippen molar-refractivity contribution in [3.63, 3.8) is 0 Å². The van der Waals surface area contributed by atoms with E-state index in [2.05, 4.69) is 52.3 Å². The fraction of sp³-hybridized carbons (Fsp3) is 0.400. The molecule has 1 aliphatic heterocycles. The fourth-order valence-electron chi connectivity index (χ4n) is 4.47. The molecule has 0 aromatic heterocycles. The smallest absolute Gasteiger partial charge is 0.122 e. The number of ether oxygens (including phenoxy) is 3. The van der Waals surface area contributed by atoms with Crippen molar-refractivity contribution in [3.05, 3.63) is 90.0 Å². The van der Waals surface area contributed by atoms with Crippen molar-refractivity contribution < 1.29 is 14.2 Å². The zero-order chi connectivity index (χ0) is 24.1. The molecule has 3 aromatic carbocycles. The third-order valence-corrected chi connectivity index (χ3v) is 6.55. The van der Waals surface area contributed by atoms with Crippen LogP contribution in [0.1, 0.15) is 17.5 Å². The number of para-hydroxylation sites is 2. The van der Waals surface area contributed by atoms with Gasteiger partial charge in [0, 0.05) is 39.3 Å². The number of nitrogens with zero attached hydrogens (tertiary/aromatic N) is 2. The molecule has 0 spiro atoms. The van der Waals surface area contributed by atoms with Crippen LogP contribution in [0.3, 0.4) is 0 Å². The summed E-state index contributed by atoms with van der Waals surface area (Å²) in [6, 6.07) is 26.8. The minimum Gasteiger partial charge on any atom is -0.497 e. The van der Waals surface area contributed by atoms with E-state index in [9.17, 15) is 0 Å². The Kier molecular flexibility index (Phi) is 11.9. The number of halogens is 1. The van der Waals surface area contributed by atoms with Gasteiger partial charge in [0.25, 0.3) is 0 Å². The van der Waals surface area contributed by atoms with Crippen LogP contribution in [-0.4, -0.2) is 69.4 Å². The molecule has 0 amide bonds. The highest BCUT2D eigenvalue weighted by molar-refractivity contribution is 5.85. The molecule has 1 heterocycles. The van der Waals surface area contributed by atoms with Gasteiger partial charge in [-0.3, -0.25) is 4.90 Å². The van der Waals surface area contributed by atoms with Crippen LogP contribution in [0.15, 0.2) is 78.9 Å². The van der Waals surface area contributed by atoms with E-state index >= 15 is 0 Å². The summed E-state index contributed by atoms with van der Waals surface area (Å²) < 4.78 is 17.4. The lowest BCUT2D eigenvalue weighted by atomic mass is 10.0. The van der Waals surface area contributed by atoms with Crippen LogP contribution in [0.4, 0.5) is 0 Å². The van der Waals surface area contributed by atoms with E-state index in [1.165, 1.54) is 11.1 Å². The van der Waals surface area contributed by atoms with Crippen molar-refractivity contribution in [1.29, 1.82) is 0 Å². The summed E-state index contributed by atoms with van der Waals surface area (Å²) >= 11 is 0. The number of aryl methyl sites for hydroxylation is 2. The number of piperazine rings is 1. The van der Waals surface area contributed by atoms with Crippen LogP contribution in [-0.2, 0) is 12.8 Å². The summed E-state index contributed by atoms with van der Waals surface area (Å²) in [7, 11) is 1.71. The largest absolute Gasteiger partial charge is 0.497 e. The third-order valence-electron chi connectivity index (χ3n) is 6.55. The van der Waals surface area contributed by atoms with Crippen molar-refractivity contribution in [2.24, 2.45) is 0 Å². The Bertz CT molecular complexity index is 1010. The van der Waals surface area contributed by atoms with Crippen molar-refractivity contribution in [3.8, 4) is 17.2 Å². The number of hydrogen-bond donors (Lipinski definition) is 0. The first kappa shape index (κ1) is 27.9. The van der Waals surface area contributed by atoms with E-state index in [1.807, 2.05) is 36.4 Å². The number of methoxy groups -OCH3 is 1. The van der Waals surface area contributed by atoms with Crippen LogP contribution in [0.5, 0.6) is 17.2 Å². The molecule has 1 saturated heterocycles. The molecule has 0 saturated carbocycles. The van der Waals surface area contributed by atoms with Gasteiger partial charge >= 0.3 is 0 Å². The van der Waals surface area contributed by atoms with Gasteiger partial charge in [-0.1, -0.05) is 48.5 Å². The van der Waals surface area contributed by atoms with E-state index < -0.39 is 0 Å². The molecule has 3 aromatic rings. The van der Waals surface area contributed by atoms with Crippen LogP contribution in [0, 0.1) is 0 Å². The summed E-state index contributed by atoms with van der Waals surface area (Å²) in [6.07, 6.45) is 2.97. The first-order chi connectivity index (χ1) is 17.3. The maximum atomic E-state index is 6.20. The fourth-order valence-corrected chi connectivity index (χ4v) is 4.47. The standard InChI is InChI=1S/C30H38N2O3.ClH/c1-33-29-13-7-9-26(25-29)15-16-27-10-5-6-14-30(27)35-23-8-17-31-18-20-32(21-19-31)22-24-34-28-11-3-2-4-12-28;/h2-7,9-14,25H,8,15-24H2,1H3;1H. The van der Waals surface area contributed by atoms with Gasteiger partial charge in [-0.15, -0.1) is 12.4 Å². The van der Waals surface area contributed by atoms with Gasteiger partial charge in [-0.2, -0.15) is 0 Å². The molecule has 0 unspecified atom stereocenters. The lowest BCUT2D eigenvalue weighted by molar-refractivity contribution is 0.112. The quantitative estimate of drug-likeness (QED) is 0.289. The van der Waals surface area contributed by atoms with E-state index in [0.717, 1.165) is 89.0 Å². The number of benzene rings is 3. The average molecular weight is 511 g/mol. The summed E-state index contributed by atoms with van der Waals surface area (Å²) in [5.41, 5.74) is 2.55. The van der Waals surface area contributed by atoms with E-state index in [-0.39, 0.29) is 12.4 Å². The molecule has 1 fully saturated rings. The molecule has 36 heavy (non-hydrogen) atoms. The predicted molar refractivity (Wildman–Crippen MR) is 149 cm³/mol. The second kappa shape index (κ2) is 15.4. The number of hydrogen-bond acceptors (Lipinski definition) is 5. The zero-order valence-electron chi connectivity index (χ0n) is 21.3. The highest BCUT2D eigenvalue weighted by atomic mass is 35.5. The van der Waals surface area contributed by atoms with Crippen LogP contribution < -0.4 is 14.2 Å². The Hall–Kier alpha value is -2.73. The maximum absolute atomic E-state index is 6.20. The van der Waals surface area contributed by atoms with Gasteiger partial charge < -0.3 is 19.1 Å². The van der Waals surface area contributed by atoms with Gasteiger partial charge in [-0.05, 0) is 60.7 Å². The van der Waals surface area contributed by atoms with E-state index in [4.69, 9.17) is 14.2 Å². The van der Waals surface area contributed by atoms with Crippen molar-refractivity contribution in [1.82, 2.24) is 9.80 Å². The lowest BCUT2D eigenvalue weighted by Gasteiger charge is -2.34. The summed E-state index contributed by atoms with van der Waals surface area (Å²) in [5, 5.41) is 0. The highest BCUT2D eigenvalue weighted by Gasteiger charge is 2.16. The van der Waals surface area contributed by atoms with Crippen molar-refractivity contribution in [2.75, 3.05) is 59.6 Å². The molecule has 0 bridgehead atoms. The first-order valence-electron chi connectivity index (χ1n) is 12.8. The Balaban J connectivity index is 0.00000361. The molecule has 194 valence electrons. The van der Waals surface area contributed by atoms with Crippen molar-refractivity contribution >= 4 is 12.4 Å². The van der Waals surface area contributed by atoms with Crippen molar-refractivity contribution in [2.45, 2.75) is 19.3 Å². The third kappa shape index (κ3) is 9.05. The Morgan fingerprint density at radius 3 is 2.14 bits per heavy atom. The van der Waals surface area contributed by atoms with Gasteiger partial charge in [0.05, 0.1) is 13.7 Å². The zero-order valence-corrected chi connectivity index (χ0v) is 22.1. The summed E-state index contributed by atoms with van der Waals surface area (Å²) in [5.74, 6) is 2.88. The summed E-state index contributed by atoms with van der Waals surface area (Å²) in [4.78, 5) is 5.04. The average Bonchev–Trinajstić information content (AvgIpc) is 2.92. The molecule has 0 radical (unpaired) electrons. The number of rotatable bonds is 13. The SMILES string of the molecule is COc1cccc(CCc2ccccc2OCCCN2CCN(CCOc3ccccc3)CC2)c1.Cl. The van der Waals surface area contributed by atoms with Crippen LogP contribution in [0.2, 0.25) is 0 Å². The molecule has 0 aliphatic carbocycles. The molecule has 0 atom stereocenters. The molecule has 5 nitrogen and oxygen atoms in total. The maximum Gasteiger partial charge on any atom is 0.122 e. The minimum atomic E-state index is 0. The normalized spacial score (nSPS) is 14.1. The Morgan fingerprint density at radius 2 is 1.36 bits per heavy atom. The van der Waals surface area contributed by atoms with Crippen LogP contribution >= 0.6 is 12.4 Å². The molecule has 6 heteroatoms. The van der Waals surface area contributed by atoms with E-state index in [1.54, 1.807) is 7.11 Å². The second-order valence-corrected chi connectivity index (χ2v) is 9.01. The molecular formula is C30H39ClN2O3. The molecular weight excluding hydrogens is 472 g/mol. The first-order valence-corrected chi connectivity index (χ1v) is 12.8. The molecule has 1 aliphatic rings. The second-order valence-electron chi connectivity index (χ2n) is 9.01. The predicted octanol–water partition coefficient (Wildman–Crippen LogP) is 5.37.